The van der Waals surface area contributed by atoms with Crippen molar-refractivity contribution in [2.24, 2.45) is 0 Å². The van der Waals surface area contributed by atoms with E-state index in [1.165, 1.54) is 5.56 Å². The summed E-state index contributed by atoms with van der Waals surface area (Å²) in [5, 5.41) is 8.38. The maximum Gasteiger partial charge on any atom is 0.226 e. The summed E-state index contributed by atoms with van der Waals surface area (Å²) in [4.78, 5) is 4.30. The largest absolute Gasteiger partial charge is 0.324 e. The minimum Gasteiger partial charge on any atom is -0.324 e. The van der Waals surface area contributed by atoms with Gasteiger partial charge in [-0.1, -0.05) is 54.1 Å². The molecule has 108 valence electrons. The lowest BCUT2D eigenvalue weighted by atomic mass is 10.0. The van der Waals surface area contributed by atoms with Crippen molar-refractivity contribution in [3.05, 3.63) is 83.2 Å². The van der Waals surface area contributed by atoms with Crippen molar-refractivity contribution in [1.29, 1.82) is 0 Å². The molecule has 1 aliphatic rings. The number of fused-ring (bicyclic) bond motifs is 1. The van der Waals surface area contributed by atoms with E-state index in [0.29, 0.717) is 0 Å². The van der Waals surface area contributed by atoms with Gasteiger partial charge in [-0.3, -0.25) is 0 Å². The van der Waals surface area contributed by atoms with Crippen LogP contribution in [0.4, 0.5) is 5.95 Å². The fourth-order valence-corrected chi connectivity index (χ4v) is 2.75. The van der Waals surface area contributed by atoms with E-state index in [-0.39, 0.29) is 6.04 Å². The normalized spacial score (nSPS) is 16.6. The minimum absolute atomic E-state index is 0.0191. The van der Waals surface area contributed by atoms with Gasteiger partial charge in [0.15, 0.2) is 0 Å². The molecule has 22 heavy (non-hydrogen) atoms. The average molecular weight is 309 g/mol. The van der Waals surface area contributed by atoms with E-state index in [4.69, 9.17) is 11.6 Å². The first-order chi connectivity index (χ1) is 10.8. The van der Waals surface area contributed by atoms with Crippen LogP contribution in [-0.4, -0.2) is 14.8 Å². The highest BCUT2D eigenvalue weighted by molar-refractivity contribution is 6.30. The van der Waals surface area contributed by atoms with E-state index >= 15 is 0 Å². The molecule has 4 rings (SSSR count). The molecule has 0 saturated heterocycles. The van der Waals surface area contributed by atoms with Gasteiger partial charge in [-0.15, -0.1) is 0 Å². The van der Waals surface area contributed by atoms with Gasteiger partial charge in [-0.25, -0.2) is 4.68 Å². The molecule has 1 aliphatic heterocycles. The zero-order valence-electron chi connectivity index (χ0n) is 11.6. The predicted octanol–water partition coefficient (Wildman–Crippen LogP) is 3.99. The third kappa shape index (κ3) is 2.27. The Labute approximate surface area is 133 Å². The van der Waals surface area contributed by atoms with Gasteiger partial charge in [0.05, 0.1) is 0 Å². The van der Waals surface area contributed by atoms with Crippen molar-refractivity contribution >= 4 is 23.2 Å². The van der Waals surface area contributed by atoms with Gasteiger partial charge in [0.2, 0.25) is 5.95 Å². The van der Waals surface area contributed by atoms with Gasteiger partial charge in [-0.05, 0) is 29.3 Å². The van der Waals surface area contributed by atoms with E-state index in [2.05, 4.69) is 33.6 Å². The van der Waals surface area contributed by atoms with Crippen LogP contribution in [0, 0.1) is 0 Å². The van der Waals surface area contributed by atoms with E-state index in [1.54, 1.807) is 6.33 Å². The topological polar surface area (TPSA) is 42.7 Å². The quantitative estimate of drug-likeness (QED) is 0.778. The summed E-state index contributed by atoms with van der Waals surface area (Å²) in [5.41, 5.74) is 3.24. The first kappa shape index (κ1) is 13.1. The molecule has 0 bridgehead atoms. The Morgan fingerprint density at radius 2 is 1.77 bits per heavy atom. The van der Waals surface area contributed by atoms with Gasteiger partial charge in [0.25, 0.3) is 0 Å². The predicted molar refractivity (Wildman–Crippen MR) is 87.7 cm³/mol. The van der Waals surface area contributed by atoms with Crippen LogP contribution in [0.1, 0.15) is 17.2 Å². The molecule has 4 nitrogen and oxygen atoms in total. The second kappa shape index (κ2) is 5.31. The zero-order chi connectivity index (χ0) is 14.9. The Bertz CT molecular complexity index is 821. The summed E-state index contributed by atoms with van der Waals surface area (Å²) in [6, 6.07) is 18.0. The maximum absolute atomic E-state index is 5.97. The Hall–Kier alpha value is -2.59. The molecule has 5 heteroatoms. The fraction of sp³-hybridized carbons (Fsp3) is 0.0588. The van der Waals surface area contributed by atoms with Crippen LogP contribution in [0.2, 0.25) is 5.02 Å². The molecule has 1 aromatic heterocycles. The number of hydrogen-bond donors (Lipinski definition) is 1. The molecule has 0 aliphatic carbocycles. The SMILES string of the molecule is Clc1ccc(C2=C[C@@H](c3ccccc3)n3ncnc3N2)cc1. The van der Waals surface area contributed by atoms with E-state index in [1.807, 2.05) is 47.1 Å². The van der Waals surface area contributed by atoms with Crippen molar-refractivity contribution in [2.45, 2.75) is 6.04 Å². The number of halogens is 1. The average Bonchev–Trinajstić information content (AvgIpc) is 3.04. The Kier molecular flexibility index (Phi) is 3.16. The minimum atomic E-state index is 0.0191. The van der Waals surface area contributed by atoms with E-state index in [0.717, 1.165) is 22.2 Å². The molecule has 2 heterocycles. The first-order valence-corrected chi connectivity index (χ1v) is 7.38. The van der Waals surface area contributed by atoms with E-state index < -0.39 is 0 Å². The number of allylic oxidation sites excluding steroid dienone is 1. The van der Waals surface area contributed by atoms with E-state index in [9.17, 15) is 0 Å². The fourth-order valence-electron chi connectivity index (χ4n) is 2.62. The zero-order valence-corrected chi connectivity index (χ0v) is 12.4. The van der Waals surface area contributed by atoms with Crippen LogP contribution in [0.5, 0.6) is 0 Å². The molecule has 1 atom stereocenters. The summed E-state index contributed by atoms with van der Waals surface area (Å²) in [6.45, 7) is 0. The van der Waals surface area contributed by atoms with Crippen LogP contribution in [0.15, 0.2) is 67.0 Å². The summed E-state index contributed by atoms with van der Waals surface area (Å²) < 4.78 is 1.88. The Morgan fingerprint density at radius 3 is 2.55 bits per heavy atom. The molecule has 0 spiro atoms. The molecule has 0 fully saturated rings. The molecule has 0 saturated carbocycles. The second-order valence-corrected chi connectivity index (χ2v) is 5.53. The Balaban J connectivity index is 1.81. The highest BCUT2D eigenvalue weighted by Gasteiger charge is 2.23. The number of nitrogens with one attached hydrogen (secondary N) is 1. The van der Waals surface area contributed by atoms with Gasteiger partial charge >= 0.3 is 0 Å². The van der Waals surface area contributed by atoms with Crippen LogP contribution < -0.4 is 5.32 Å². The molecule has 2 aromatic carbocycles. The second-order valence-electron chi connectivity index (χ2n) is 5.10. The van der Waals surface area contributed by atoms with Crippen molar-refractivity contribution in [3.8, 4) is 0 Å². The van der Waals surface area contributed by atoms with Crippen LogP contribution in [0.25, 0.3) is 5.70 Å². The lowest BCUT2D eigenvalue weighted by Crippen LogP contribution is -2.20. The number of anilines is 1. The summed E-state index contributed by atoms with van der Waals surface area (Å²) in [7, 11) is 0. The van der Waals surface area contributed by atoms with Gasteiger partial charge in [-0.2, -0.15) is 10.1 Å². The van der Waals surface area contributed by atoms with Gasteiger partial charge in [0, 0.05) is 10.7 Å². The summed E-state index contributed by atoms with van der Waals surface area (Å²) in [6.07, 6.45) is 3.72. The number of nitrogens with zero attached hydrogens (tertiary/aromatic N) is 3. The van der Waals surface area contributed by atoms with Crippen LogP contribution in [0.3, 0.4) is 0 Å². The van der Waals surface area contributed by atoms with Crippen molar-refractivity contribution in [3.63, 3.8) is 0 Å². The molecule has 1 N–H and O–H groups in total. The lowest BCUT2D eigenvalue weighted by molar-refractivity contribution is 0.612. The third-order valence-corrected chi connectivity index (χ3v) is 3.96. The number of benzene rings is 2. The number of hydrogen-bond acceptors (Lipinski definition) is 3. The van der Waals surface area contributed by atoms with Crippen molar-refractivity contribution in [2.75, 3.05) is 5.32 Å². The molecular formula is C17H13ClN4. The lowest BCUT2D eigenvalue weighted by Gasteiger charge is -2.24. The highest BCUT2D eigenvalue weighted by atomic mass is 35.5. The standard InChI is InChI=1S/C17H13ClN4/c18-14-8-6-12(7-9-14)15-10-16(13-4-2-1-3-5-13)22-17(21-15)19-11-20-22/h1-11,16H,(H,19,20,21)/t16-/m0/s1. The molecule has 0 radical (unpaired) electrons. The first-order valence-electron chi connectivity index (χ1n) is 7.00. The molecule has 0 amide bonds. The number of aromatic nitrogens is 3. The highest BCUT2D eigenvalue weighted by Crippen LogP contribution is 2.31. The van der Waals surface area contributed by atoms with Crippen LogP contribution in [-0.2, 0) is 0 Å². The van der Waals surface area contributed by atoms with Crippen molar-refractivity contribution in [1.82, 2.24) is 14.8 Å². The van der Waals surface area contributed by atoms with Crippen LogP contribution >= 0.6 is 11.6 Å². The monoisotopic (exact) mass is 308 g/mol. The van der Waals surface area contributed by atoms with Crippen molar-refractivity contribution < 1.29 is 0 Å². The molecular weight excluding hydrogens is 296 g/mol. The third-order valence-electron chi connectivity index (χ3n) is 3.70. The van der Waals surface area contributed by atoms with Gasteiger partial charge < -0.3 is 5.32 Å². The summed E-state index contributed by atoms with van der Waals surface area (Å²) >= 11 is 5.97. The maximum atomic E-state index is 5.97. The van der Waals surface area contributed by atoms with Gasteiger partial charge in [0.1, 0.15) is 12.4 Å². The summed E-state index contributed by atoms with van der Waals surface area (Å²) in [5.74, 6) is 0.737. The smallest absolute Gasteiger partial charge is 0.226 e. The molecule has 0 unspecified atom stereocenters. The molecule has 3 aromatic rings. The number of rotatable bonds is 2. The Morgan fingerprint density at radius 1 is 1.00 bits per heavy atom.